The first-order valence-electron chi connectivity index (χ1n) is 9.63. The lowest BCUT2D eigenvalue weighted by Crippen LogP contribution is -2.51. The lowest BCUT2D eigenvalue weighted by Gasteiger charge is -2.28. The van der Waals surface area contributed by atoms with Crippen molar-refractivity contribution in [1.82, 2.24) is 0 Å². The second-order valence-corrected chi connectivity index (χ2v) is 7.02. The summed E-state index contributed by atoms with van der Waals surface area (Å²) in [6.45, 7) is 1.43. The highest BCUT2D eigenvalue weighted by Gasteiger charge is 2.72. The standard InChI is InChI=1S/C18H29F7O2/c19-16(20,17(21,22)18(23,24)25)12-8-6-4-2-1-3-5-7-9-13-26-15-11-10-14-27-15/h15H,1-14H2. The number of rotatable bonds is 14. The Kier molecular flexibility index (Phi) is 10.4. The maximum Gasteiger partial charge on any atom is 0.459 e. The average molecular weight is 410 g/mol. The van der Waals surface area contributed by atoms with E-state index in [2.05, 4.69) is 0 Å². The van der Waals surface area contributed by atoms with Gasteiger partial charge in [0, 0.05) is 26.1 Å². The molecule has 0 radical (unpaired) electrons. The molecule has 1 heterocycles. The van der Waals surface area contributed by atoms with Crippen molar-refractivity contribution < 1.29 is 40.2 Å². The number of halogens is 7. The largest absolute Gasteiger partial charge is 0.459 e. The van der Waals surface area contributed by atoms with E-state index in [-0.39, 0.29) is 19.1 Å². The Bertz CT molecular complexity index is 394. The Hall–Kier alpha value is -0.570. The van der Waals surface area contributed by atoms with E-state index in [1.54, 1.807) is 0 Å². The molecule has 1 saturated heterocycles. The molecule has 1 unspecified atom stereocenters. The molecule has 27 heavy (non-hydrogen) atoms. The molecule has 0 saturated carbocycles. The first-order valence-corrected chi connectivity index (χ1v) is 9.63. The van der Waals surface area contributed by atoms with Crippen LogP contribution in [0.5, 0.6) is 0 Å². The van der Waals surface area contributed by atoms with Crippen molar-refractivity contribution in [3.05, 3.63) is 0 Å². The van der Waals surface area contributed by atoms with Gasteiger partial charge in [-0.15, -0.1) is 0 Å². The zero-order valence-corrected chi connectivity index (χ0v) is 15.4. The van der Waals surface area contributed by atoms with Gasteiger partial charge in [-0.25, -0.2) is 0 Å². The van der Waals surface area contributed by atoms with Crippen LogP contribution < -0.4 is 0 Å². The highest BCUT2D eigenvalue weighted by Crippen LogP contribution is 2.48. The van der Waals surface area contributed by atoms with E-state index < -0.39 is 24.4 Å². The second kappa shape index (κ2) is 11.4. The Balaban J connectivity index is 1.93. The zero-order valence-electron chi connectivity index (χ0n) is 15.4. The summed E-state index contributed by atoms with van der Waals surface area (Å²) in [6, 6.07) is 0. The first kappa shape index (κ1) is 24.5. The number of hydrogen-bond acceptors (Lipinski definition) is 2. The van der Waals surface area contributed by atoms with E-state index >= 15 is 0 Å². The molecule has 0 spiro atoms. The minimum atomic E-state index is -6.23. The SMILES string of the molecule is FC(F)(F)C(F)(F)C(F)(F)CCCCCCCCCCCOC1CCCO1. The molecule has 162 valence electrons. The van der Waals surface area contributed by atoms with Crippen LogP contribution in [0.25, 0.3) is 0 Å². The fourth-order valence-electron chi connectivity index (χ4n) is 2.95. The molecular weight excluding hydrogens is 381 g/mol. The van der Waals surface area contributed by atoms with Crippen molar-refractivity contribution in [2.45, 2.75) is 101 Å². The van der Waals surface area contributed by atoms with E-state index in [0.717, 1.165) is 58.0 Å². The second-order valence-electron chi connectivity index (χ2n) is 7.02. The number of hydrogen-bond donors (Lipinski definition) is 0. The van der Waals surface area contributed by atoms with Gasteiger partial charge in [-0.3, -0.25) is 0 Å². The molecule has 0 amide bonds. The third-order valence-corrected chi connectivity index (χ3v) is 4.64. The summed E-state index contributed by atoms with van der Waals surface area (Å²) >= 11 is 0. The van der Waals surface area contributed by atoms with Crippen LogP contribution in [-0.4, -0.2) is 37.5 Å². The Morgan fingerprint density at radius 3 is 1.74 bits per heavy atom. The Morgan fingerprint density at radius 2 is 1.26 bits per heavy atom. The predicted molar refractivity (Wildman–Crippen MR) is 87.0 cm³/mol. The summed E-state index contributed by atoms with van der Waals surface area (Å²) in [5.41, 5.74) is 0. The van der Waals surface area contributed by atoms with Crippen LogP contribution in [0.1, 0.15) is 77.0 Å². The van der Waals surface area contributed by atoms with Gasteiger partial charge >= 0.3 is 18.0 Å². The Morgan fingerprint density at radius 1 is 0.741 bits per heavy atom. The molecule has 1 aliphatic heterocycles. The fourth-order valence-corrected chi connectivity index (χ4v) is 2.95. The van der Waals surface area contributed by atoms with Crippen molar-refractivity contribution >= 4 is 0 Å². The van der Waals surface area contributed by atoms with Crippen LogP contribution in [-0.2, 0) is 9.47 Å². The van der Waals surface area contributed by atoms with Gasteiger partial charge in [-0.1, -0.05) is 44.9 Å². The molecule has 1 atom stereocenters. The van der Waals surface area contributed by atoms with Crippen molar-refractivity contribution in [2.24, 2.45) is 0 Å². The van der Waals surface area contributed by atoms with E-state index in [0.29, 0.717) is 13.0 Å². The molecule has 0 aromatic carbocycles. The summed E-state index contributed by atoms with van der Waals surface area (Å²) in [7, 11) is 0. The summed E-state index contributed by atoms with van der Waals surface area (Å²) in [6.07, 6.45) is 0.264. The van der Waals surface area contributed by atoms with Gasteiger partial charge in [0.25, 0.3) is 0 Å². The minimum Gasteiger partial charge on any atom is -0.353 e. The van der Waals surface area contributed by atoms with Gasteiger partial charge in [0.15, 0.2) is 6.29 Å². The molecule has 1 rings (SSSR count). The fraction of sp³-hybridized carbons (Fsp3) is 1.00. The third-order valence-electron chi connectivity index (χ3n) is 4.64. The van der Waals surface area contributed by atoms with Crippen LogP contribution in [0.2, 0.25) is 0 Å². The highest BCUT2D eigenvalue weighted by atomic mass is 19.4. The van der Waals surface area contributed by atoms with Crippen LogP contribution in [0.4, 0.5) is 30.7 Å². The maximum absolute atomic E-state index is 13.1. The summed E-state index contributed by atoms with van der Waals surface area (Å²) < 4.78 is 98.4. The van der Waals surface area contributed by atoms with Gasteiger partial charge < -0.3 is 9.47 Å². The summed E-state index contributed by atoms with van der Waals surface area (Å²) in [5.74, 6) is -11.0. The minimum absolute atomic E-state index is 0.0616. The predicted octanol–water partition coefficient (Wildman–Crippen LogP) is 6.87. The zero-order chi connectivity index (χ0) is 20.4. The molecule has 2 nitrogen and oxygen atoms in total. The topological polar surface area (TPSA) is 18.5 Å². The number of unbranched alkanes of at least 4 members (excludes halogenated alkanes) is 8. The molecular formula is C18H29F7O2. The van der Waals surface area contributed by atoms with Gasteiger partial charge in [0.2, 0.25) is 0 Å². The van der Waals surface area contributed by atoms with E-state index in [1.165, 1.54) is 0 Å². The summed E-state index contributed by atoms with van der Waals surface area (Å²) in [4.78, 5) is 0. The Labute approximate surface area is 155 Å². The molecule has 1 fully saturated rings. The monoisotopic (exact) mass is 410 g/mol. The molecule has 0 aromatic heterocycles. The van der Waals surface area contributed by atoms with Crippen molar-refractivity contribution in [1.29, 1.82) is 0 Å². The molecule has 1 aliphatic rings. The van der Waals surface area contributed by atoms with Crippen LogP contribution in [0, 0.1) is 0 Å². The van der Waals surface area contributed by atoms with Gasteiger partial charge in [-0.05, 0) is 19.3 Å². The quantitative estimate of drug-likeness (QED) is 0.230. The molecule has 9 heteroatoms. The molecule has 0 aromatic rings. The number of ether oxygens (including phenoxy) is 2. The van der Waals surface area contributed by atoms with Gasteiger partial charge in [-0.2, -0.15) is 30.7 Å². The van der Waals surface area contributed by atoms with Gasteiger partial charge in [0.1, 0.15) is 0 Å². The van der Waals surface area contributed by atoms with Crippen molar-refractivity contribution in [2.75, 3.05) is 13.2 Å². The van der Waals surface area contributed by atoms with Crippen molar-refractivity contribution in [3.63, 3.8) is 0 Å². The first-order chi connectivity index (χ1) is 12.6. The molecule has 0 N–H and O–H groups in total. The van der Waals surface area contributed by atoms with Gasteiger partial charge in [0.05, 0.1) is 0 Å². The van der Waals surface area contributed by atoms with Crippen LogP contribution in [0.3, 0.4) is 0 Å². The maximum atomic E-state index is 13.1. The van der Waals surface area contributed by atoms with E-state index in [9.17, 15) is 30.7 Å². The lowest BCUT2D eigenvalue weighted by atomic mass is 10.0. The molecule has 0 bridgehead atoms. The van der Waals surface area contributed by atoms with Crippen molar-refractivity contribution in [3.8, 4) is 0 Å². The smallest absolute Gasteiger partial charge is 0.353 e. The van der Waals surface area contributed by atoms with E-state index in [1.807, 2.05) is 0 Å². The molecule has 0 aliphatic carbocycles. The summed E-state index contributed by atoms with van der Waals surface area (Å²) in [5, 5.41) is 0. The normalized spacial score (nSPS) is 19.0. The van der Waals surface area contributed by atoms with E-state index in [4.69, 9.17) is 9.47 Å². The lowest BCUT2D eigenvalue weighted by molar-refractivity contribution is -0.355. The van der Waals surface area contributed by atoms with Crippen LogP contribution >= 0.6 is 0 Å². The average Bonchev–Trinajstić information content (AvgIpc) is 3.08. The number of alkyl halides is 7. The third kappa shape index (κ3) is 8.54. The highest BCUT2D eigenvalue weighted by molar-refractivity contribution is 4.90. The van der Waals surface area contributed by atoms with Crippen LogP contribution in [0.15, 0.2) is 0 Å².